The van der Waals surface area contributed by atoms with Crippen molar-refractivity contribution in [3.05, 3.63) is 63.9 Å². The Bertz CT molecular complexity index is 616. The fourth-order valence-corrected chi connectivity index (χ4v) is 2.04. The minimum absolute atomic E-state index is 0.170. The van der Waals surface area contributed by atoms with Crippen molar-refractivity contribution in [1.29, 1.82) is 0 Å². The Kier molecular flexibility index (Phi) is 4.16. The largest absolute Gasteiger partial charge is 0.381 e. The second kappa shape index (κ2) is 5.84. The Hall–Kier alpha value is -1.88. The second-order valence-electron chi connectivity index (χ2n) is 4.03. The number of hydrogen-bond acceptors (Lipinski definition) is 2. The number of amides is 1. The molecule has 0 aliphatic heterocycles. The third-order valence-corrected chi connectivity index (χ3v) is 3.14. The highest BCUT2D eigenvalue weighted by atomic mass is 79.9. The maximum Gasteiger partial charge on any atom is 0.248 e. The van der Waals surface area contributed by atoms with Gasteiger partial charge in [0.2, 0.25) is 5.91 Å². The zero-order valence-electron chi connectivity index (χ0n) is 9.99. The molecule has 5 heteroatoms. The molecule has 0 saturated carbocycles. The highest BCUT2D eigenvalue weighted by molar-refractivity contribution is 9.10. The first-order valence-electron chi connectivity index (χ1n) is 5.64. The molecule has 0 bridgehead atoms. The van der Waals surface area contributed by atoms with Gasteiger partial charge in [0.15, 0.2) is 0 Å². The highest BCUT2D eigenvalue weighted by Crippen LogP contribution is 2.17. The van der Waals surface area contributed by atoms with E-state index in [4.69, 9.17) is 5.73 Å². The van der Waals surface area contributed by atoms with Crippen LogP contribution >= 0.6 is 15.9 Å². The van der Waals surface area contributed by atoms with Crippen LogP contribution in [0.15, 0.2) is 46.9 Å². The minimum Gasteiger partial charge on any atom is -0.381 e. The summed E-state index contributed by atoms with van der Waals surface area (Å²) in [6, 6.07) is 11.8. The topological polar surface area (TPSA) is 55.1 Å². The number of benzene rings is 2. The number of halogens is 2. The molecule has 0 spiro atoms. The van der Waals surface area contributed by atoms with Gasteiger partial charge in [0.25, 0.3) is 0 Å². The number of carbonyl (C=O) groups is 1. The first kappa shape index (κ1) is 13.5. The SMILES string of the molecule is NC(=O)c1ccc(CNc2cccc(Br)c2)c(F)c1. The van der Waals surface area contributed by atoms with E-state index in [1.165, 1.54) is 6.07 Å². The number of hydrogen-bond donors (Lipinski definition) is 2. The van der Waals surface area contributed by atoms with Gasteiger partial charge in [-0.1, -0.05) is 28.1 Å². The quantitative estimate of drug-likeness (QED) is 0.907. The first-order chi connectivity index (χ1) is 9.06. The number of nitrogens with two attached hydrogens (primary N) is 1. The van der Waals surface area contributed by atoms with Gasteiger partial charge in [0.05, 0.1) is 0 Å². The summed E-state index contributed by atoms with van der Waals surface area (Å²) in [5.74, 6) is -1.08. The summed E-state index contributed by atoms with van der Waals surface area (Å²) < 4.78 is 14.7. The lowest BCUT2D eigenvalue weighted by Gasteiger charge is -2.08. The molecular weight excluding hydrogens is 311 g/mol. The van der Waals surface area contributed by atoms with Crippen LogP contribution in [0.1, 0.15) is 15.9 Å². The van der Waals surface area contributed by atoms with Crippen molar-refractivity contribution in [2.24, 2.45) is 5.73 Å². The van der Waals surface area contributed by atoms with Crippen molar-refractivity contribution >= 4 is 27.5 Å². The van der Waals surface area contributed by atoms with Gasteiger partial charge < -0.3 is 11.1 Å². The van der Waals surface area contributed by atoms with Gasteiger partial charge in [-0.3, -0.25) is 4.79 Å². The summed E-state index contributed by atoms with van der Waals surface area (Å²) in [5.41, 5.74) is 6.62. The van der Waals surface area contributed by atoms with E-state index in [2.05, 4.69) is 21.2 Å². The van der Waals surface area contributed by atoms with Crippen LogP contribution in [-0.4, -0.2) is 5.91 Å². The molecule has 0 fully saturated rings. The van der Waals surface area contributed by atoms with E-state index >= 15 is 0 Å². The summed E-state index contributed by atoms with van der Waals surface area (Å²) in [7, 11) is 0. The highest BCUT2D eigenvalue weighted by Gasteiger charge is 2.06. The molecule has 0 radical (unpaired) electrons. The Balaban J connectivity index is 2.10. The van der Waals surface area contributed by atoms with Gasteiger partial charge >= 0.3 is 0 Å². The Morgan fingerprint density at radius 1 is 1.26 bits per heavy atom. The molecule has 0 aliphatic rings. The van der Waals surface area contributed by atoms with Crippen LogP contribution < -0.4 is 11.1 Å². The molecule has 98 valence electrons. The number of carbonyl (C=O) groups excluding carboxylic acids is 1. The van der Waals surface area contributed by atoms with Gasteiger partial charge in [-0.25, -0.2) is 4.39 Å². The molecule has 0 aliphatic carbocycles. The van der Waals surface area contributed by atoms with Crippen molar-refractivity contribution in [3.8, 4) is 0 Å². The van der Waals surface area contributed by atoms with E-state index in [1.54, 1.807) is 6.07 Å². The van der Waals surface area contributed by atoms with E-state index < -0.39 is 11.7 Å². The van der Waals surface area contributed by atoms with Gasteiger partial charge in [-0.05, 0) is 30.3 Å². The van der Waals surface area contributed by atoms with E-state index in [1.807, 2.05) is 24.3 Å². The molecule has 3 nitrogen and oxygen atoms in total. The monoisotopic (exact) mass is 322 g/mol. The molecule has 3 N–H and O–H groups in total. The lowest BCUT2D eigenvalue weighted by molar-refractivity contribution is 0.1000. The molecular formula is C14H12BrFN2O. The molecule has 1 amide bonds. The minimum atomic E-state index is -0.634. The van der Waals surface area contributed by atoms with Gasteiger partial charge in [-0.15, -0.1) is 0 Å². The number of rotatable bonds is 4. The third-order valence-electron chi connectivity index (χ3n) is 2.65. The third kappa shape index (κ3) is 3.54. The second-order valence-corrected chi connectivity index (χ2v) is 4.95. The summed E-state index contributed by atoms with van der Waals surface area (Å²) in [5, 5.41) is 3.11. The molecule has 0 saturated heterocycles. The van der Waals surface area contributed by atoms with Crippen LogP contribution in [0, 0.1) is 5.82 Å². The number of anilines is 1. The first-order valence-corrected chi connectivity index (χ1v) is 6.43. The molecule has 2 aromatic rings. The maximum absolute atomic E-state index is 13.7. The summed E-state index contributed by atoms with van der Waals surface area (Å²) >= 11 is 3.36. The summed E-state index contributed by atoms with van der Waals surface area (Å²) in [6.07, 6.45) is 0. The van der Waals surface area contributed by atoms with E-state index in [0.29, 0.717) is 12.1 Å². The van der Waals surface area contributed by atoms with Crippen molar-refractivity contribution < 1.29 is 9.18 Å². The number of primary amides is 1. The average Bonchev–Trinajstić information content (AvgIpc) is 2.37. The molecule has 0 heterocycles. The zero-order chi connectivity index (χ0) is 13.8. The molecule has 19 heavy (non-hydrogen) atoms. The molecule has 0 atom stereocenters. The Labute approximate surface area is 118 Å². The fourth-order valence-electron chi connectivity index (χ4n) is 1.64. The predicted molar refractivity (Wildman–Crippen MR) is 76.4 cm³/mol. The molecule has 0 unspecified atom stereocenters. The van der Waals surface area contributed by atoms with Crippen LogP contribution in [-0.2, 0) is 6.54 Å². The molecule has 2 aromatic carbocycles. The van der Waals surface area contributed by atoms with Crippen molar-refractivity contribution in [2.45, 2.75) is 6.54 Å². The van der Waals surface area contributed by atoms with E-state index in [0.717, 1.165) is 16.2 Å². The van der Waals surface area contributed by atoms with Crippen LogP contribution in [0.2, 0.25) is 0 Å². The zero-order valence-corrected chi connectivity index (χ0v) is 11.6. The molecule has 2 rings (SSSR count). The van der Waals surface area contributed by atoms with Gasteiger partial charge in [-0.2, -0.15) is 0 Å². The predicted octanol–water partition coefficient (Wildman–Crippen LogP) is 3.30. The van der Waals surface area contributed by atoms with Crippen molar-refractivity contribution in [3.63, 3.8) is 0 Å². The van der Waals surface area contributed by atoms with Crippen LogP contribution in [0.3, 0.4) is 0 Å². The fraction of sp³-hybridized carbons (Fsp3) is 0.0714. The lowest BCUT2D eigenvalue weighted by Crippen LogP contribution is -2.12. The van der Waals surface area contributed by atoms with E-state index in [-0.39, 0.29) is 5.56 Å². The number of nitrogens with one attached hydrogen (secondary N) is 1. The smallest absolute Gasteiger partial charge is 0.248 e. The van der Waals surface area contributed by atoms with Crippen molar-refractivity contribution in [1.82, 2.24) is 0 Å². The standard InChI is InChI=1S/C14H12BrFN2O/c15-11-2-1-3-12(7-11)18-8-10-5-4-9(14(17)19)6-13(10)16/h1-7,18H,8H2,(H2,17,19). The average molecular weight is 323 g/mol. The van der Waals surface area contributed by atoms with Crippen LogP contribution in [0.5, 0.6) is 0 Å². The summed E-state index contributed by atoms with van der Waals surface area (Å²) in [6.45, 7) is 0.335. The van der Waals surface area contributed by atoms with Crippen LogP contribution in [0.4, 0.5) is 10.1 Å². The lowest BCUT2D eigenvalue weighted by atomic mass is 10.1. The van der Waals surface area contributed by atoms with Gasteiger partial charge in [0.1, 0.15) is 5.82 Å². The van der Waals surface area contributed by atoms with E-state index in [9.17, 15) is 9.18 Å². The Morgan fingerprint density at radius 3 is 2.68 bits per heavy atom. The van der Waals surface area contributed by atoms with Crippen molar-refractivity contribution in [2.75, 3.05) is 5.32 Å². The normalized spacial score (nSPS) is 10.2. The van der Waals surface area contributed by atoms with Crippen LogP contribution in [0.25, 0.3) is 0 Å². The maximum atomic E-state index is 13.7. The summed E-state index contributed by atoms with van der Waals surface area (Å²) in [4.78, 5) is 10.9. The Morgan fingerprint density at radius 2 is 2.05 bits per heavy atom. The molecule has 0 aromatic heterocycles. The van der Waals surface area contributed by atoms with Gasteiger partial charge in [0, 0.05) is 27.8 Å².